The highest BCUT2D eigenvalue weighted by molar-refractivity contribution is 5.70. The fourth-order valence-electron chi connectivity index (χ4n) is 19.5. The van der Waals surface area contributed by atoms with Crippen LogP contribution in [0.2, 0.25) is 0 Å². The van der Waals surface area contributed by atoms with Crippen LogP contribution in [0, 0.1) is 69.5 Å². The second-order valence-electron chi connectivity index (χ2n) is 49.0. The van der Waals surface area contributed by atoms with Gasteiger partial charge in [0.1, 0.15) is 33.8 Å². The lowest BCUT2D eigenvalue weighted by atomic mass is 9.41. The summed E-state index contributed by atoms with van der Waals surface area (Å²) in [6.45, 7) is 99.7. The Morgan fingerprint density at radius 2 is 0.985 bits per heavy atom. The predicted molar refractivity (Wildman–Crippen MR) is 560 cm³/mol. The lowest BCUT2D eigenvalue weighted by Gasteiger charge is -2.64. The topological polar surface area (TPSA) is 204 Å². The van der Waals surface area contributed by atoms with Crippen LogP contribution in [0.15, 0.2) is 24.3 Å². The fraction of sp³-hybridized carbons (Fsp3) is 0.920. The number of carbonyl (C=O) groups is 3. The summed E-state index contributed by atoms with van der Waals surface area (Å²) in [6, 6.07) is 9.94. The van der Waals surface area contributed by atoms with Gasteiger partial charge in [0.25, 0.3) is 0 Å². The molecule has 1 aromatic carbocycles. The van der Waals surface area contributed by atoms with Crippen LogP contribution in [0.25, 0.3) is 0 Å². The Hall–Kier alpha value is -3.68. The van der Waals surface area contributed by atoms with Gasteiger partial charge in [-0.1, -0.05) is 155 Å². The molecular weight excluding hydrogens is 1700 g/mol. The predicted octanol–water partition coefficient (Wildman–Crippen LogP) is 26.8. The smallest absolute Gasteiger partial charge is 0.410 e. The van der Waals surface area contributed by atoms with Gasteiger partial charge in [-0.2, -0.15) is 0 Å². The lowest BCUT2D eigenvalue weighted by molar-refractivity contribution is -0.149. The summed E-state index contributed by atoms with van der Waals surface area (Å²) in [7, 11) is 0. The largest absolute Gasteiger partial charge is 0.493 e. The molecule has 4 atom stereocenters. The van der Waals surface area contributed by atoms with Crippen molar-refractivity contribution in [3.63, 3.8) is 0 Å². The van der Waals surface area contributed by atoms with Crippen molar-refractivity contribution in [1.29, 1.82) is 0 Å². The lowest BCUT2D eigenvalue weighted by Crippen LogP contribution is -2.64. The number of rotatable bonds is 17. The summed E-state index contributed by atoms with van der Waals surface area (Å²) in [5, 5.41) is 0. The Bertz CT molecular complexity index is 3220. The first-order valence-corrected chi connectivity index (χ1v) is 53.9. The van der Waals surface area contributed by atoms with Crippen molar-refractivity contribution in [3.8, 4) is 5.75 Å². The fourth-order valence-corrected chi connectivity index (χ4v) is 19.5. The van der Waals surface area contributed by atoms with Crippen molar-refractivity contribution >= 4 is 18.3 Å². The van der Waals surface area contributed by atoms with Crippen molar-refractivity contribution in [2.45, 2.75) is 480 Å². The summed E-state index contributed by atoms with van der Waals surface area (Å²) >= 11 is 0. The summed E-state index contributed by atoms with van der Waals surface area (Å²) in [5.41, 5.74) is 6.69. The maximum atomic E-state index is 13.6. The molecule has 4 saturated carbocycles. The molecule has 21 nitrogen and oxygen atoms in total. The third kappa shape index (κ3) is 49.4. The van der Waals surface area contributed by atoms with Gasteiger partial charge in [-0.05, 0) is 343 Å². The normalized spacial score (nSPS) is 24.2. The monoisotopic (exact) mass is 1920 g/mol. The molecule has 1 aromatic rings. The van der Waals surface area contributed by atoms with Gasteiger partial charge in [0.05, 0.1) is 107 Å². The van der Waals surface area contributed by atoms with E-state index in [1.165, 1.54) is 76.4 Å². The number of halogens is 1. The second kappa shape index (κ2) is 60.8. The van der Waals surface area contributed by atoms with Gasteiger partial charge in [-0.15, -0.1) is 0 Å². The van der Waals surface area contributed by atoms with E-state index in [2.05, 4.69) is 180 Å². The Labute approximate surface area is 830 Å². The van der Waals surface area contributed by atoms with E-state index in [9.17, 15) is 18.8 Å². The molecule has 0 radical (unpaired) electrons. The molecular formula is C113H217FN6O15. The molecule has 4 aliphatic carbocycles. The number of morpholine rings is 2. The SMILES string of the molecule is CC(C)C1(C)CCCCC1.CC(C)C1(CN)CCOCC1.CC(C)C1(F)CCOCC1.CC(C)C12CC(C1)C2.CC(C)C1CC2CCC(C1)O2.CC(C)C1CCOc2ccccc21.CC(C)C1COCCN1C(=O)OC(C)(C)C.CC(C)N1CCOCC1.CC(C)OC(C)(C)C.CC(C)OC1(C)CN(C(=O)OC(C)(C)C)C1.CC(C)OC1CN(C(=O)OC(C)(C)C)C1.CCN(CC)C(C)C. The molecule has 0 spiro atoms. The molecule has 13 aliphatic rings. The van der Waals surface area contributed by atoms with E-state index in [4.69, 9.17) is 62.6 Å². The average molecular weight is 1920 g/mol. The van der Waals surface area contributed by atoms with Crippen LogP contribution in [0.4, 0.5) is 18.8 Å². The summed E-state index contributed by atoms with van der Waals surface area (Å²) in [5.74, 6) is 8.52. The maximum Gasteiger partial charge on any atom is 0.410 e. The van der Waals surface area contributed by atoms with Crippen molar-refractivity contribution in [1.82, 2.24) is 24.5 Å². The number of amides is 3. The molecule has 3 amide bonds. The Kier molecular flexibility index (Phi) is 57.4. The van der Waals surface area contributed by atoms with E-state index in [0.29, 0.717) is 137 Å². The molecule has 14 rings (SSSR count). The Balaban J connectivity index is 0.000000502. The molecule has 4 bridgehead atoms. The van der Waals surface area contributed by atoms with E-state index in [1.807, 2.05) is 131 Å². The minimum atomic E-state index is -0.946. The van der Waals surface area contributed by atoms with Crippen molar-refractivity contribution in [2.75, 3.05) is 125 Å². The number of carbonyl (C=O) groups excluding carboxylic acids is 3. The Morgan fingerprint density at radius 1 is 0.511 bits per heavy atom. The zero-order valence-corrected chi connectivity index (χ0v) is 95.1. The molecule has 796 valence electrons. The van der Waals surface area contributed by atoms with E-state index in [1.54, 1.807) is 34.0 Å². The number of ether oxygens (including phenoxy) is 12. The molecule has 0 aromatic heterocycles. The van der Waals surface area contributed by atoms with Gasteiger partial charge in [0, 0.05) is 71.0 Å². The first-order valence-electron chi connectivity index (χ1n) is 53.9. The number of hydrogen-bond acceptors (Lipinski definition) is 18. The molecule has 8 saturated heterocycles. The van der Waals surface area contributed by atoms with Gasteiger partial charge < -0.3 is 82.2 Å². The van der Waals surface area contributed by atoms with E-state index < -0.39 is 22.5 Å². The summed E-state index contributed by atoms with van der Waals surface area (Å²) in [6.07, 6.45) is 23.4. The minimum Gasteiger partial charge on any atom is -0.493 e. The maximum absolute atomic E-state index is 13.6. The van der Waals surface area contributed by atoms with Gasteiger partial charge >= 0.3 is 18.3 Å². The number of fused-ring (bicyclic) bond motifs is 3. The molecule has 9 aliphatic heterocycles. The molecule has 2 N–H and O–H groups in total. The highest BCUT2D eigenvalue weighted by Gasteiger charge is 2.58. The number of alkyl halides is 1. The highest BCUT2D eigenvalue weighted by atomic mass is 19.1. The standard InChI is InChI=1S/2C12H23NO3.C12H16O.C11H21NO3.C10H18O.C10H20.C9H19NO.C8H15FO.C8H14.C7H15NO.C7H17N.C7H16O/c1-9(2)15-12(6)7-13(8-12)10(14)16-11(3,4)5;1-9(2)10-8-15-7-6-13(10)11(14)16-12(3,4)5;1-9(2)10-7-8-13-12-6-4-3-5-11(10)12;1-8(2)14-9-6-12(7-9)10(13)15-11(3,4)5;1-7(2)8-5-9-3-4-10(6-8)11-9;1-9(2)10(3)7-5-4-6-8-10;1-8(2)9(7-10)3-5-11-6-4-9;1-7(2)8(9)3-5-10-6-4-8;1-6(2)8-3-7(4-8)5-8;1-7(2)8-3-5-9-6-4-8;1-5-8(6-2)7(3)4;1-6(2)8-7(3,4)5/h9H,7-8H2,1-6H3;9-10H,6-8H2,1-5H3;3-6,9-10H,7-8H2,1-2H3;8-9H,6-7H2,1-5H3;7-10H,3-6H2,1-2H3;9H,4-8H2,1-3H3;8H,3-7,10H2,1-2H3;7H,3-6H2,1-2H3;6-7H,3-5H2,1-2H3;7H,3-6H2,1-2H3;7H,5-6H2,1-4H3;6H,1-5H3. The van der Waals surface area contributed by atoms with Crippen LogP contribution >= 0.6 is 0 Å². The minimum absolute atomic E-state index is 0.0220. The van der Waals surface area contributed by atoms with E-state index in [-0.39, 0.29) is 59.8 Å². The van der Waals surface area contributed by atoms with E-state index in [0.717, 1.165) is 113 Å². The van der Waals surface area contributed by atoms with Crippen molar-refractivity contribution < 1.29 is 75.6 Å². The number of likely N-dealkylation sites (tertiary alicyclic amines) is 2. The first kappa shape index (κ1) is 127. The van der Waals surface area contributed by atoms with Crippen LogP contribution in [0.1, 0.15) is 398 Å². The van der Waals surface area contributed by atoms with Gasteiger partial charge in [-0.3, -0.25) is 4.90 Å². The third-order valence-electron chi connectivity index (χ3n) is 28.9. The molecule has 12 fully saturated rings. The Morgan fingerprint density at radius 3 is 1.32 bits per heavy atom. The van der Waals surface area contributed by atoms with Crippen molar-refractivity contribution in [3.05, 3.63) is 29.8 Å². The molecule has 4 unspecified atom stereocenters. The van der Waals surface area contributed by atoms with Gasteiger partial charge in [-0.25, -0.2) is 18.8 Å². The number of para-hydroxylation sites is 1. The van der Waals surface area contributed by atoms with Crippen LogP contribution in [-0.4, -0.2) is 256 Å². The van der Waals surface area contributed by atoms with Crippen LogP contribution < -0.4 is 10.5 Å². The van der Waals surface area contributed by atoms with Crippen LogP contribution in [0.3, 0.4) is 0 Å². The van der Waals surface area contributed by atoms with Gasteiger partial charge in [0.15, 0.2) is 0 Å². The van der Waals surface area contributed by atoms with Crippen LogP contribution in [0.5, 0.6) is 5.75 Å². The number of hydrogen-bond donors (Lipinski definition) is 1. The molecule has 9 heterocycles. The zero-order chi connectivity index (χ0) is 103. The summed E-state index contributed by atoms with van der Waals surface area (Å²) in [4.78, 5) is 45.1. The van der Waals surface area contributed by atoms with Gasteiger partial charge in [0.2, 0.25) is 0 Å². The van der Waals surface area contributed by atoms with E-state index >= 15 is 0 Å². The van der Waals surface area contributed by atoms with Crippen LogP contribution in [-0.2, 0) is 52.1 Å². The molecule has 135 heavy (non-hydrogen) atoms. The number of nitrogens with zero attached hydrogens (tertiary/aromatic N) is 5. The quantitative estimate of drug-likeness (QED) is 0.144. The highest BCUT2D eigenvalue weighted by Crippen LogP contribution is 2.68. The third-order valence-corrected chi connectivity index (χ3v) is 28.9. The second-order valence-corrected chi connectivity index (χ2v) is 49.0. The first-order chi connectivity index (χ1) is 62.4. The van der Waals surface area contributed by atoms with Crippen molar-refractivity contribution in [2.24, 2.45) is 75.2 Å². The number of benzene rings is 1. The zero-order valence-electron chi connectivity index (χ0n) is 95.1. The average Bonchev–Trinajstić information content (AvgIpc) is 0.816. The molecule has 22 heteroatoms. The summed E-state index contributed by atoms with van der Waals surface area (Å²) < 4.78 is 78.6. The number of nitrogens with two attached hydrogens (primary N) is 1.